The molecular formula is C15H26ClN3O6S3. The normalized spacial score (nSPS) is 19.1. The van der Waals surface area contributed by atoms with E-state index in [0.29, 0.717) is 29.9 Å². The van der Waals surface area contributed by atoms with Crippen LogP contribution >= 0.6 is 23.7 Å². The van der Waals surface area contributed by atoms with Crippen LogP contribution in [0.5, 0.6) is 0 Å². The van der Waals surface area contributed by atoms with E-state index in [4.69, 9.17) is 9.88 Å². The van der Waals surface area contributed by atoms with Crippen molar-refractivity contribution >= 4 is 49.8 Å². The molecule has 1 unspecified atom stereocenters. The lowest BCUT2D eigenvalue weighted by atomic mass is 10.1. The van der Waals surface area contributed by atoms with Crippen LogP contribution in [0.4, 0.5) is 0 Å². The van der Waals surface area contributed by atoms with Gasteiger partial charge < -0.3 is 10.1 Å². The van der Waals surface area contributed by atoms with E-state index in [-0.39, 0.29) is 58.5 Å². The maximum atomic E-state index is 12.9. The Labute approximate surface area is 176 Å². The number of nitrogens with two attached hydrogens (primary N) is 1. The smallest absolute Gasteiger partial charge is 0.308 e. The molecule has 1 aromatic rings. The summed E-state index contributed by atoms with van der Waals surface area (Å²) in [6.45, 7) is 6.37. The molecule has 2 rings (SSSR count). The summed E-state index contributed by atoms with van der Waals surface area (Å²) in [5, 5.41) is 8.34. The standard InChI is InChI=1S/C15H25N3O6S3.ClH/c1-4-17-12-9-18(6-5-7-24-14(19)10(2)3)27(22,23)15-11(12)8-13(25-15)26(16,20)21;/h8,10,12,17H,4-7,9H2,1-3H3,(H2,16,20,21);1H. The van der Waals surface area contributed by atoms with Crippen molar-refractivity contribution in [3.63, 3.8) is 0 Å². The third-order valence-corrected chi connectivity index (χ3v) is 9.00. The monoisotopic (exact) mass is 475 g/mol. The Hall–Kier alpha value is -0.760. The van der Waals surface area contributed by atoms with Gasteiger partial charge in [0, 0.05) is 24.7 Å². The zero-order chi connectivity index (χ0) is 20.4. The molecule has 0 saturated heterocycles. The Morgan fingerprint density at radius 3 is 2.64 bits per heavy atom. The van der Waals surface area contributed by atoms with Crippen molar-refractivity contribution in [3.8, 4) is 0 Å². The van der Waals surface area contributed by atoms with Crippen molar-refractivity contribution in [3.05, 3.63) is 11.6 Å². The Balaban J connectivity index is 0.00000392. The molecule has 0 aromatic carbocycles. The highest BCUT2D eigenvalue weighted by Crippen LogP contribution is 2.39. The topological polar surface area (TPSA) is 136 Å². The number of nitrogens with one attached hydrogen (secondary N) is 1. The van der Waals surface area contributed by atoms with Crippen molar-refractivity contribution in [1.29, 1.82) is 0 Å². The first-order valence-electron chi connectivity index (χ1n) is 8.55. The molecule has 1 atom stereocenters. The minimum atomic E-state index is -3.99. The second-order valence-corrected chi connectivity index (χ2v) is 11.5. The van der Waals surface area contributed by atoms with E-state index in [1.54, 1.807) is 13.8 Å². The van der Waals surface area contributed by atoms with Gasteiger partial charge in [-0.1, -0.05) is 20.8 Å². The van der Waals surface area contributed by atoms with Crippen LogP contribution in [-0.4, -0.2) is 53.4 Å². The molecule has 3 N–H and O–H groups in total. The van der Waals surface area contributed by atoms with Gasteiger partial charge in [0.25, 0.3) is 10.0 Å². The molecular weight excluding hydrogens is 450 g/mol. The molecule has 9 nitrogen and oxygen atoms in total. The van der Waals surface area contributed by atoms with E-state index >= 15 is 0 Å². The molecule has 0 aliphatic carbocycles. The summed E-state index contributed by atoms with van der Waals surface area (Å²) in [7, 11) is -7.83. The van der Waals surface area contributed by atoms with Crippen LogP contribution in [0, 0.1) is 5.92 Å². The number of thiophene rings is 1. The summed E-state index contributed by atoms with van der Waals surface area (Å²) in [5.74, 6) is -0.576. The number of esters is 1. The first-order valence-corrected chi connectivity index (χ1v) is 12.4. The number of sulfonamides is 2. The van der Waals surface area contributed by atoms with Gasteiger partial charge in [0.05, 0.1) is 12.5 Å². The Morgan fingerprint density at radius 2 is 2.11 bits per heavy atom. The van der Waals surface area contributed by atoms with Crippen molar-refractivity contribution < 1.29 is 26.4 Å². The largest absolute Gasteiger partial charge is 0.465 e. The first kappa shape index (κ1) is 25.3. The molecule has 2 heterocycles. The van der Waals surface area contributed by atoms with Gasteiger partial charge in [-0.15, -0.1) is 23.7 Å². The number of fused-ring (bicyclic) bond motifs is 1. The number of hydrogen-bond donors (Lipinski definition) is 2. The first-order chi connectivity index (χ1) is 12.5. The molecule has 28 heavy (non-hydrogen) atoms. The van der Waals surface area contributed by atoms with Gasteiger partial charge in [-0.3, -0.25) is 4.79 Å². The van der Waals surface area contributed by atoms with E-state index in [0.717, 1.165) is 0 Å². The Bertz CT molecular complexity index is 898. The van der Waals surface area contributed by atoms with Crippen LogP contribution < -0.4 is 10.5 Å². The Kier molecular flexibility index (Phi) is 8.87. The number of ether oxygens (including phenoxy) is 1. The molecule has 13 heteroatoms. The lowest BCUT2D eigenvalue weighted by Crippen LogP contribution is -2.43. The summed E-state index contributed by atoms with van der Waals surface area (Å²) in [6.07, 6.45) is 0.347. The van der Waals surface area contributed by atoms with Crippen molar-refractivity contribution in [2.45, 2.75) is 41.7 Å². The van der Waals surface area contributed by atoms with E-state index in [1.165, 1.54) is 10.4 Å². The molecule has 0 spiro atoms. The molecule has 0 amide bonds. The fourth-order valence-electron chi connectivity index (χ4n) is 2.68. The highest BCUT2D eigenvalue weighted by molar-refractivity contribution is 7.94. The molecule has 0 radical (unpaired) electrons. The van der Waals surface area contributed by atoms with E-state index in [2.05, 4.69) is 5.32 Å². The molecule has 162 valence electrons. The van der Waals surface area contributed by atoms with Crippen LogP contribution in [0.1, 0.15) is 38.8 Å². The second-order valence-electron chi connectivity index (χ2n) is 6.50. The van der Waals surface area contributed by atoms with Crippen molar-refractivity contribution in [1.82, 2.24) is 9.62 Å². The van der Waals surface area contributed by atoms with Gasteiger partial charge >= 0.3 is 5.97 Å². The summed E-state index contributed by atoms with van der Waals surface area (Å²) in [5.41, 5.74) is 0.424. The third kappa shape index (κ3) is 5.65. The maximum Gasteiger partial charge on any atom is 0.308 e. The average Bonchev–Trinajstić information content (AvgIpc) is 3.02. The minimum absolute atomic E-state index is 0. The summed E-state index contributed by atoms with van der Waals surface area (Å²) >= 11 is 0.663. The molecule has 1 aromatic heterocycles. The SMILES string of the molecule is CCNC1CN(CCCOC(=O)C(C)C)S(=O)(=O)c2sc(S(N)(=O)=O)cc21.Cl. The number of carbonyl (C=O) groups excluding carboxylic acids is 1. The number of likely N-dealkylation sites (N-methyl/N-ethyl adjacent to an activating group) is 1. The molecule has 0 bridgehead atoms. The van der Waals surface area contributed by atoms with Crippen LogP contribution in [0.15, 0.2) is 14.5 Å². The van der Waals surface area contributed by atoms with Crippen LogP contribution in [-0.2, 0) is 29.6 Å². The van der Waals surface area contributed by atoms with Gasteiger partial charge in [0.2, 0.25) is 10.0 Å². The molecule has 1 aliphatic heterocycles. The van der Waals surface area contributed by atoms with Crippen LogP contribution in [0.2, 0.25) is 0 Å². The second kappa shape index (κ2) is 9.83. The lowest BCUT2D eigenvalue weighted by Gasteiger charge is -2.32. The average molecular weight is 476 g/mol. The number of nitrogens with zero attached hydrogens (tertiary/aromatic N) is 1. The quantitative estimate of drug-likeness (QED) is 0.423. The number of halogens is 1. The Morgan fingerprint density at radius 1 is 1.46 bits per heavy atom. The zero-order valence-electron chi connectivity index (χ0n) is 15.9. The minimum Gasteiger partial charge on any atom is -0.465 e. The fraction of sp³-hybridized carbons (Fsp3) is 0.667. The van der Waals surface area contributed by atoms with Crippen LogP contribution in [0.25, 0.3) is 0 Å². The molecule has 1 aliphatic rings. The summed E-state index contributed by atoms with van der Waals surface area (Å²) in [4.78, 5) is 11.5. The highest BCUT2D eigenvalue weighted by atomic mass is 35.5. The van der Waals surface area contributed by atoms with Crippen molar-refractivity contribution in [2.24, 2.45) is 11.1 Å². The maximum absolute atomic E-state index is 12.9. The predicted octanol–water partition coefficient (Wildman–Crippen LogP) is 1.06. The summed E-state index contributed by atoms with van der Waals surface area (Å²) < 4.78 is 55.3. The third-order valence-electron chi connectivity index (χ3n) is 4.04. The highest BCUT2D eigenvalue weighted by Gasteiger charge is 2.39. The summed E-state index contributed by atoms with van der Waals surface area (Å²) in [6, 6.07) is 1.00. The number of rotatable bonds is 8. The number of hydrogen-bond acceptors (Lipinski definition) is 8. The van der Waals surface area contributed by atoms with Gasteiger partial charge in [-0.05, 0) is 19.0 Å². The zero-order valence-corrected chi connectivity index (χ0v) is 19.1. The number of primary sulfonamides is 1. The van der Waals surface area contributed by atoms with Crippen molar-refractivity contribution in [2.75, 3.05) is 26.2 Å². The number of carbonyl (C=O) groups is 1. The van der Waals surface area contributed by atoms with Gasteiger partial charge in [-0.25, -0.2) is 22.0 Å². The van der Waals surface area contributed by atoms with E-state index < -0.39 is 20.0 Å². The predicted molar refractivity (Wildman–Crippen MR) is 109 cm³/mol. The molecule has 0 fully saturated rings. The van der Waals surface area contributed by atoms with E-state index in [9.17, 15) is 21.6 Å². The van der Waals surface area contributed by atoms with Gasteiger partial charge in [-0.2, -0.15) is 4.31 Å². The molecule has 0 saturated carbocycles. The van der Waals surface area contributed by atoms with Gasteiger partial charge in [0.1, 0.15) is 8.42 Å². The van der Waals surface area contributed by atoms with Crippen LogP contribution in [0.3, 0.4) is 0 Å². The lowest BCUT2D eigenvalue weighted by molar-refractivity contribution is -0.147. The van der Waals surface area contributed by atoms with Gasteiger partial charge in [0.15, 0.2) is 0 Å². The fourth-order valence-corrected chi connectivity index (χ4v) is 6.99. The van der Waals surface area contributed by atoms with E-state index in [1.807, 2.05) is 6.92 Å².